The molecule has 2 aromatic carbocycles. The Kier molecular flexibility index (Phi) is 5.09. The van der Waals surface area contributed by atoms with Crippen LogP contribution in [0.4, 0.5) is 5.69 Å². The number of thiophene rings is 1. The zero-order valence-corrected chi connectivity index (χ0v) is 15.6. The highest BCUT2D eigenvalue weighted by atomic mass is 32.1. The second-order valence-corrected chi connectivity index (χ2v) is 7.39. The van der Waals surface area contributed by atoms with Gasteiger partial charge in [-0.25, -0.2) is 0 Å². The van der Waals surface area contributed by atoms with E-state index in [2.05, 4.69) is 44.8 Å². The van der Waals surface area contributed by atoms with Crippen LogP contribution in [0.3, 0.4) is 0 Å². The van der Waals surface area contributed by atoms with Crippen molar-refractivity contribution in [2.75, 3.05) is 31.1 Å². The summed E-state index contributed by atoms with van der Waals surface area (Å²) in [5, 5.41) is 17.0. The fourth-order valence-electron chi connectivity index (χ4n) is 3.30. The number of anilines is 1. The van der Waals surface area contributed by atoms with Crippen LogP contribution in [-0.2, 0) is 0 Å². The summed E-state index contributed by atoms with van der Waals surface area (Å²) in [4.78, 5) is 16.0. The maximum Gasteiger partial charge on any atom is 0.248 e. The number of aromatic hydroxyl groups is 1. The summed E-state index contributed by atoms with van der Waals surface area (Å²) in [5.41, 5.74) is 1.89. The quantitative estimate of drug-likeness (QED) is 0.473. The van der Waals surface area contributed by atoms with Crippen molar-refractivity contribution in [2.24, 2.45) is 0 Å². The van der Waals surface area contributed by atoms with Gasteiger partial charge < -0.3 is 20.3 Å². The molecule has 1 aliphatic rings. The van der Waals surface area contributed by atoms with Gasteiger partial charge >= 0.3 is 0 Å². The smallest absolute Gasteiger partial charge is 0.248 e. The number of nitrogens with zero attached hydrogens (tertiary/aromatic N) is 1. The minimum Gasteiger partial charge on any atom is -0.508 e. The first-order chi connectivity index (χ1) is 13.2. The van der Waals surface area contributed by atoms with Crippen molar-refractivity contribution < 1.29 is 5.11 Å². The zero-order chi connectivity index (χ0) is 18.6. The van der Waals surface area contributed by atoms with Gasteiger partial charge in [-0.2, -0.15) is 0 Å². The molecule has 0 spiro atoms. The Morgan fingerprint density at radius 2 is 1.81 bits per heavy atom. The third-order valence-corrected chi connectivity index (χ3v) is 5.52. The highest BCUT2D eigenvalue weighted by Crippen LogP contribution is 2.30. The Labute approximate surface area is 160 Å². The van der Waals surface area contributed by atoms with Gasteiger partial charge in [-0.05, 0) is 47.2 Å². The fourth-order valence-corrected chi connectivity index (χ4v) is 4.10. The maximum atomic E-state index is 10.9. The standard InChI is InChI=1S/C12H14N2S.C9H7NO2/c1-2-11(14-7-5-13-6-8-14)10-4-9-15-12(10)3-1;11-7-3-1-6-2-4-9(12)10-8(6)5-7/h1-4,9,13H,5-8H2;1-5,11H,(H,10,12). The molecule has 138 valence electrons. The first-order valence-corrected chi connectivity index (χ1v) is 9.83. The summed E-state index contributed by atoms with van der Waals surface area (Å²) in [5.74, 6) is 0.157. The number of aromatic nitrogens is 1. The van der Waals surface area contributed by atoms with E-state index in [1.807, 2.05) is 11.3 Å². The Hall–Kier alpha value is -2.83. The average Bonchev–Trinajstić information content (AvgIpc) is 3.18. The van der Waals surface area contributed by atoms with E-state index in [4.69, 9.17) is 5.11 Å². The lowest BCUT2D eigenvalue weighted by Crippen LogP contribution is -2.43. The van der Waals surface area contributed by atoms with Crippen LogP contribution in [0.25, 0.3) is 21.0 Å². The number of H-pyrrole nitrogens is 1. The molecule has 2 aromatic heterocycles. The van der Waals surface area contributed by atoms with E-state index in [9.17, 15) is 4.79 Å². The summed E-state index contributed by atoms with van der Waals surface area (Å²) >= 11 is 1.82. The molecule has 27 heavy (non-hydrogen) atoms. The molecule has 5 rings (SSSR count). The number of hydrogen-bond acceptors (Lipinski definition) is 5. The van der Waals surface area contributed by atoms with Gasteiger partial charge in [-0.1, -0.05) is 6.07 Å². The van der Waals surface area contributed by atoms with Crippen LogP contribution < -0.4 is 15.8 Å². The van der Waals surface area contributed by atoms with E-state index in [0.717, 1.165) is 31.6 Å². The third-order valence-electron chi connectivity index (χ3n) is 4.64. The fraction of sp³-hybridized carbons (Fsp3) is 0.190. The summed E-state index contributed by atoms with van der Waals surface area (Å²) in [6.07, 6.45) is 0. The highest BCUT2D eigenvalue weighted by molar-refractivity contribution is 7.17. The monoisotopic (exact) mass is 379 g/mol. The van der Waals surface area contributed by atoms with E-state index in [0.29, 0.717) is 5.52 Å². The number of fused-ring (bicyclic) bond motifs is 2. The van der Waals surface area contributed by atoms with Gasteiger partial charge in [-0.15, -0.1) is 11.3 Å². The average molecular weight is 379 g/mol. The van der Waals surface area contributed by atoms with Crippen LogP contribution in [0, 0.1) is 0 Å². The number of hydrogen-bond donors (Lipinski definition) is 3. The lowest BCUT2D eigenvalue weighted by atomic mass is 10.2. The molecule has 0 atom stereocenters. The van der Waals surface area contributed by atoms with E-state index in [-0.39, 0.29) is 11.3 Å². The van der Waals surface area contributed by atoms with E-state index < -0.39 is 0 Å². The van der Waals surface area contributed by atoms with Crippen molar-refractivity contribution in [3.8, 4) is 5.75 Å². The number of nitrogens with one attached hydrogen (secondary N) is 2. The summed E-state index contributed by atoms with van der Waals surface area (Å²) in [7, 11) is 0. The molecule has 0 saturated carbocycles. The van der Waals surface area contributed by atoms with Gasteiger partial charge in [0.2, 0.25) is 5.56 Å². The molecule has 1 aliphatic heterocycles. The first-order valence-electron chi connectivity index (χ1n) is 8.95. The third kappa shape index (κ3) is 3.97. The molecule has 4 aromatic rings. The second-order valence-electron chi connectivity index (χ2n) is 6.44. The number of phenols is 1. The number of pyridine rings is 1. The molecule has 0 bridgehead atoms. The minimum atomic E-state index is -0.159. The van der Waals surface area contributed by atoms with Gasteiger partial charge in [0.25, 0.3) is 0 Å². The molecule has 1 fully saturated rings. The zero-order valence-electron chi connectivity index (χ0n) is 14.8. The lowest BCUT2D eigenvalue weighted by Gasteiger charge is -2.30. The Balaban J connectivity index is 0.000000137. The van der Waals surface area contributed by atoms with Crippen molar-refractivity contribution in [2.45, 2.75) is 0 Å². The number of benzene rings is 2. The van der Waals surface area contributed by atoms with Crippen LogP contribution >= 0.6 is 11.3 Å². The first kappa shape index (κ1) is 17.6. The van der Waals surface area contributed by atoms with Crippen molar-refractivity contribution in [3.63, 3.8) is 0 Å². The van der Waals surface area contributed by atoms with Crippen LogP contribution in [0.15, 0.2) is 64.8 Å². The van der Waals surface area contributed by atoms with Gasteiger partial charge in [0, 0.05) is 54.1 Å². The van der Waals surface area contributed by atoms with Gasteiger partial charge in [-0.3, -0.25) is 4.79 Å². The van der Waals surface area contributed by atoms with Crippen LogP contribution in [0.2, 0.25) is 0 Å². The van der Waals surface area contributed by atoms with Crippen LogP contribution in [0.5, 0.6) is 5.75 Å². The molecule has 0 unspecified atom stereocenters. The molecular weight excluding hydrogens is 358 g/mol. The number of rotatable bonds is 1. The Bertz CT molecular complexity index is 1110. The number of phenolic OH excluding ortho intramolecular Hbond substituents is 1. The van der Waals surface area contributed by atoms with Crippen LogP contribution in [0.1, 0.15) is 0 Å². The highest BCUT2D eigenvalue weighted by Gasteiger charge is 2.12. The predicted octanol–water partition coefficient (Wildman–Crippen LogP) is 3.54. The number of piperazine rings is 1. The van der Waals surface area contributed by atoms with Gasteiger partial charge in [0.1, 0.15) is 5.75 Å². The molecule has 1 saturated heterocycles. The van der Waals surface area contributed by atoms with E-state index in [1.54, 1.807) is 18.2 Å². The summed E-state index contributed by atoms with van der Waals surface area (Å²) in [6, 6.07) is 16.9. The van der Waals surface area contributed by atoms with Gasteiger partial charge in [0.05, 0.1) is 5.52 Å². The lowest BCUT2D eigenvalue weighted by molar-refractivity contribution is 0.476. The minimum absolute atomic E-state index is 0.157. The molecule has 6 heteroatoms. The molecule has 3 N–H and O–H groups in total. The van der Waals surface area contributed by atoms with Crippen molar-refractivity contribution >= 4 is 38.0 Å². The molecule has 0 amide bonds. The second kappa shape index (κ2) is 7.82. The Morgan fingerprint density at radius 1 is 1.00 bits per heavy atom. The van der Waals surface area contributed by atoms with Gasteiger partial charge in [0.15, 0.2) is 0 Å². The number of aromatic amines is 1. The molecule has 0 radical (unpaired) electrons. The van der Waals surface area contributed by atoms with Crippen molar-refractivity contribution in [3.05, 3.63) is 70.3 Å². The van der Waals surface area contributed by atoms with Crippen molar-refractivity contribution in [1.82, 2.24) is 10.3 Å². The predicted molar refractivity (Wildman–Crippen MR) is 113 cm³/mol. The van der Waals surface area contributed by atoms with E-state index in [1.165, 1.54) is 27.9 Å². The normalized spacial score (nSPS) is 14.1. The largest absolute Gasteiger partial charge is 0.508 e. The summed E-state index contributed by atoms with van der Waals surface area (Å²) in [6.45, 7) is 4.44. The maximum absolute atomic E-state index is 10.9. The van der Waals surface area contributed by atoms with Crippen LogP contribution in [-0.4, -0.2) is 36.3 Å². The Morgan fingerprint density at radius 3 is 2.67 bits per heavy atom. The van der Waals surface area contributed by atoms with Crippen molar-refractivity contribution in [1.29, 1.82) is 0 Å². The summed E-state index contributed by atoms with van der Waals surface area (Å²) < 4.78 is 1.39. The molecule has 3 heterocycles. The topological polar surface area (TPSA) is 68.4 Å². The molecule has 5 nitrogen and oxygen atoms in total. The van der Waals surface area contributed by atoms with E-state index >= 15 is 0 Å². The SMILES string of the molecule is O=c1ccc2ccc(O)cc2[nH]1.c1cc(N2CCNCC2)c2ccsc2c1. The molecular formula is C21H21N3O2S. The molecule has 0 aliphatic carbocycles.